The van der Waals surface area contributed by atoms with Crippen LogP contribution in [-0.2, 0) is 56.8 Å². The molecule has 0 bridgehead atoms. The second kappa shape index (κ2) is 25.5. The van der Waals surface area contributed by atoms with Gasteiger partial charge in [0, 0.05) is 6.54 Å². The highest BCUT2D eigenvalue weighted by atomic mass is 16.8. The Bertz CT molecular complexity index is 1570. The molecule has 6 aliphatic rings. The van der Waals surface area contributed by atoms with E-state index >= 15 is 0 Å². The van der Waals surface area contributed by atoms with Crippen LogP contribution in [-0.4, -0.2) is 334 Å². The lowest BCUT2D eigenvalue weighted by Gasteiger charge is -2.45. The molecule has 6 saturated heterocycles. The fourth-order valence-corrected chi connectivity index (χ4v) is 8.30. The minimum atomic E-state index is -2.01. The Morgan fingerprint density at radius 1 is 0.257 bits per heavy atom. The van der Waals surface area contributed by atoms with Crippen LogP contribution in [0.1, 0.15) is 0 Å². The van der Waals surface area contributed by atoms with Gasteiger partial charge in [-0.2, -0.15) is 0 Å². The van der Waals surface area contributed by atoms with Gasteiger partial charge in [-0.1, -0.05) is 0 Å². The average Bonchev–Trinajstić information content (AvgIpc) is 3.35. The molecular weight excluding hydrogens is 966 g/mol. The van der Waals surface area contributed by atoms with Crippen LogP contribution in [0, 0.1) is 0 Å². The van der Waals surface area contributed by atoms with Crippen LogP contribution < -0.4 is 5.73 Å². The van der Waals surface area contributed by atoms with Crippen LogP contribution >= 0.6 is 0 Å². The van der Waals surface area contributed by atoms with Crippen molar-refractivity contribution in [2.45, 2.75) is 184 Å². The molecule has 6 heterocycles. The molecule has 6 fully saturated rings. The Labute approximate surface area is 396 Å². The summed E-state index contributed by atoms with van der Waals surface area (Å²) in [4.78, 5) is 0. The van der Waals surface area contributed by atoms with E-state index in [1.165, 1.54) is 0 Å². The molecule has 6 aliphatic heterocycles. The predicted molar refractivity (Wildman–Crippen MR) is 212 cm³/mol. The quantitative estimate of drug-likeness (QED) is 0.0571. The zero-order chi connectivity index (χ0) is 51.5. The lowest BCUT2D eigenvalue weighted by Crippen LogP contribution is -2.63. The fraction of sp³-hybridized carbons (Fsp3) is 1.00. The predicted octanol–water partition coefficient (Wildman–Crippen LogP) is -14.1. The van der Waals surface area contributed by atoms with Crippen molar-refractivity contribution in [2.24, 2.45) is 5.73 Å². The highest BCUT2D eigenvalue weighted by Crippen LogP contribution is 2.31. The highest BCUT2D eigenvalue weighted by molar-refractivity contribution is 4.96. The molecule has 0 radical (unpaired) electrons. The van der Waals surface area contributed by atoms with Crippen LogP contribution in [0.3, 0.4) is 0 Å². The number of nitrogens with two attached hydrogens (primary N) is 1. The maximum atomic E-state index is 10.8. The van der Waals surface area contributed by atoms with E-state index in [-0.39, 0.29) is 13.2 Å². The molecule has 0 unspecified atom stereocenters. The number of rotatable bonds is 19. The summed E-state index contributed by atoms with van der Waals surface area (Å²) in [5, 5.41) is 198. The van der Waals surface area contributed by atoms with E-state index in [1.807, 2.05) is 0 Å². The number of aliphatic hydroxyl groups is 19. The smallest absolute Gasteiger partial charge is 0.186 e. The summed E-state index contributed by atoms with van der Waals surface area (Å²) in [6, 6.07) is 0. The zero-order valence-corrected chi connectivity index (χ0v) is 37.0. The van der Waals surface area contributed by atoms with E-state index in [1.54, 1.807) is 0 Å². The van der Waals surface area contributed by atoms with Gasteiger partial charge in [0.05, 0.1) is 46.2 Å². The van der Waals surface area contributed by atoms with Gasteiger partial charge in [0.15, 0.2) is 37.7 Å². The SMILES string of the molecule is NCCO[C@@H]1O[C@H](CO[C@@H]2O[C@H](CO[C@@H]3O[C@H](CO[C@@H]4O[C@H](CO[C@@H]5O[C@H](CO[C@@H]6O[C@H](CO)[C@@H](O)[C@H](O)[C@H]6O)[C@@H](O)[C@H](O)[C@H]5O)[C@@H](O)[C@H](O)[C@H]4O)[C@@H](O)[C@H](O)[C@H]3O)[C@@H](O)[C@H](O)[C@H]2O)[C@@H](O)[C@H](O)[C@H]1O. The van der Waals surface area contributed by atoms with Crippen molar-refractivity contribution in [1.82, 2.24) is 0 Å². The lowest BCUT2D eigenvalue weighted by atomic mass is 9.97. The van der Waals surface area contributed by atoms with Crippen molar-refractivity contribution in [3.8, 4) is 0 Å². The molecule has 410 valence electrons. The first kappa shape index (κ1) is 58.0. The van der Waals surface area contributed by atoms with Crippen molar-refractivity contribution in [1.29, 1.82) is 0 Å². The molecule has 32 heteroatoms. The van der Waals surface area contributed by atoms with Crippen molar-refractivity contribution >= 4 is 0 Å². The van der Waals surface area contributed by atoms with Gasteiger partial charge in [-0.15, -0.1) is 0 Å². The summed E-state index contributed by atoms with van der Waals surface area (Å²) < 4.78 is 65.8. The van der Waals surface area contributed by atoms with E-state index in [9.17, 15) is 97.0 Å². The highest BCUT2D eigenvalue weighted by Gasteiger charge is 2.52. The van der Waals surface area contributed by atoms with Crippen molar-refractivity contribution in [3.63, 3.8) is 0 Å². The van der Waals surface area contributed by atoms with Crippen LogP contribution in [0.15, 0.2) is 0 Å². The Morgan fingerprint density at radius 2 is 0.443 bits per heavy atom. The number of hydrogen-bond donors (Lipinski definition) is 20. The number of ether oxygens (including phenoxy) is 12. The van der Waals surface area contributed by atoms with Gasteiger partial charge in [0.1, 0.15) is 146 Å². The maximum absolute atomic E-state index is 10.8. The molecule has 0 spiro atoms. The van der Waals surface area contributed by atoms with E-state index < -0.39 is 224 Å². The van der Waals surface area contributed by atoms with Crippen LogP contribution in [0.5, 0.6) is 0 Å². The maximum Gasteiger partial charge on any atom is 0.186 e. The summed E-state index contributed by atoms with van der Waals surface area (Å²) >= 11 is 0. The molecule has 0 amide bonds. The molecule has 21 N–H and O–H groups in total. The molecule has 30 atom stereocenters. The first-order chi connectivity index (χ1) is 33.1. The summed E-state index contributed by atoms with van der Waals surface area (Å²) in [7, 11) is 0. The minimum Gasteiger partial charge on any atom is -0.394 e. The van der Waals surface area contributed by atoms with Gasteiger partial charge in [-0.05, 0) is 0 Å². The molecule has 0 saturated carbocycles. The standard InChI is InChI=1S/C38H67NO31/c39-1-2-59-33-27(53)22(48)16(42)10(66-33)4-61-35-29(55)24(50)18(44)12(68-35)6-63-37-31(57)26(52)20(46)14(70-37)8-64-38-32(58)25(51)19(45)13(69-38)7-62-36-30(56)23(49)17(43)11(67-36)5-60-34-28(54)21(47)15(41)9(3-40)65-34/h9-38,40-58H,1-8,39H2/t9-,10-,11-,12-,13-,14-,15-,16-,17-,18-,19-,20-,21+,22+,23+,24+,25+,26+,27-,28-,29-,30-,31-,32-,33-,34-,35-,36-,37-,38-/m1/s1. The van der Waals surface area contributed by atoms with Gasteiger partial charge < -0.3 is 160 Å². The molecule has 70 heavy (non-hydrogen) atoms. The first-order valence-electron chi connectivity index (χ1n) is 22.3. The summed E-state index contributed by atoms with van der Waals surface area (Å²) in [6.45, 7) is -4.49. The van der Waals surface area contributed by atoms with Crippen LogP contribution in [0.25, 0.3) is 0 Å². The van der Waals surface area contributed by atoms with E-state index in [0.717, 1.165) is 0 Å². The van der Waals surface area contributed by atoms with E-state index in [4.69, 9.17) is 62.6 Å². The molecule has 6 rings (SSSR count). The zero-order valence-electron chi connectivity index (χ0n) is 37.0. The summed E-state index contributed by atoms with van der Waals surface area (Å²) in [5.74, 6) is 0. The van der Waals surface area contributed by atoms with E-state index in [0.29, 0.717) is 0 Å². The van der Waals surface area contributed by atoms with Crippen LogP contribution in [0.4, 0.5) is 0 Å². The van der Waals surface area contributed by atoms with Gasteiger partial charge in [-0.3, -0.25) is 0 Å². The number of aliphatic hydroxyl groups excluding tert-OH is 19. The average molecular weight is 1030 g/mol. The third kappa shape index (κ3) is 12.9. The minimum absolute atomic E-state index is 0.0297. The molecule has 0 aliphatic carbocycles. The first-order valence-corrected chi connectivity index (χ1v) is 22.3. The van der Waals surface area contributed by atoms with E-state index in [2.05, 4.69) is 0 Å². The van der Waals surface area contributed by atoms with Crippen molar-refractivity contribution in [3.05, 3.63) is 0 Å². The molecule has 32 nitrogen and oxygen atoms in total. The molecular formula is C38H67NO31. The summed E-state index contributed by atoms with van der Waals surface area (Å²) in [5.41, 5.74) is 5.40. The van der Waals surface area contributed by atoms with Gasteiger partial charge in [0.25, 0.3) is 0 Å². The topological polar surface area (TPSA) is 521 Å². The second-order valence-electron chi connectivity index (χ2n) is 17.6. The Kier molecular flexibility index (Phi) is 21.1. The largest absolute Gasteiger partial charge is 0.394 e. The Balaban J connectivity index is 1.01. The third-order valence-corrected chi connectivity index (χ3v) is 12.7. The number of hydrogen-bond acceptors (Lipinski definition) is 32. The molecule has 0 aromatic carbocycles. The molecule has 0 aromatic heterocycles. The van der Waals surface area contributed by atoms with Gasteiger partial charge in [-0.25, -0.2) is 0 Å². The fourth-order valence-electron chi connectivity index (χ4n) is 8.30. The lowest BCUT2D eigenvalue weighted by molar-refractivity contribution is -0.352. The van der Waals surface area contributed by atoms with Gasteiger partial charge in [0.2, 0.25) is 0 Å². The van der Waals surface area contributed by atoms with Crippen molar-refractivity contribution in [2.75, 3.05) is 52.8 Å². The molecule has 0 aromatic rings. The Morgan fingerprint density at radius 3 is 0.643 bits per heavy atom. The normalized spacial score (nSPS) is 51.6. The van der Waals surface area contributed by atoms with Gasteiger partial charge >= 0.3 is 0 Å². The monoisotopic (exact) mass is 1030 g/mol. The Hall–Kier alpha value is -1.28. The van der Waals surface area contributed by atoms with Crippen LogP contribution in [0.2, 0.25) is 0 Å². The van der Waals surface area contributed by atoms with Crippen molar-refractivity contribution < 1.29 is 154 Å². The summed E-state index contributed by atoms with van der Waals surface area (Å²) in [6.07, 6.45) is -53.2. The second-order valence-corrected chi connectivity index (χ2v) is 17.6. The third-order valence-electron chi connectivity index (χ3n) is 12.7.